The van der Waals surface area contributed by atoms with Crippen LogP contribution in [-0.4, -0.2) is 27.0 Å². The van der Waals surface area contributed by atoms with Gasteiger partial charge < -0.3 is 5.11 Å². The molecule has 0 fully saturated rings. The SMILES string of the molecule is OCCSc1nccn1-c1ccccc1F. The van der Waals surface area contributed by atoms with E-state index in [0.717, 1.165) is 0 Å². The first kappa shape index (κ1) is 11.2. The molecule has 0 spiro atoms. The molecular formula is C11H11FN2OS. The third-order valence-electron chi connectivity index (χ3n) is 2.04. The summed E-state index contributed by atoms with van der Waals surface area (Å²) >= 11 is 1.39. The van der Waals surface area contributed by atoms with Gasteiger partial charge in [0.15, 0.2) is 5.16 Å². The van der Waals surface area contributed by atoms with Gasteiger partial charge in [0.1, 0.15) is 5.82 Å². The van der Waals surface area contributed by atoms with Gasteiger partial charge in [0.2, 0.25) is 0 Å². The molecule has 0 atom stereocenters. The summed E-state index contributed by atoms with van der Waals surface area (Å²) in [6.45, 7) is 0.0782. The molecule has 3 nitrogen and oxygen atoms in total. The highest BCUT2D eigenvalue weighted by molar-refractivity contribution is 7.99. The van der Waals surface area contributed by atoms with Gasteiger partial charge in [-0.2, -0.15) is 0 Å². The molecule has 0 unspecified atom stereocenters. The smallest absolute Gasteiger partial charge is 0.172 e. The van der Waals surface area contributed by atoms with E-state index in [4.69, 9.17) is 5.11 Å². The molecule has 0 aliphatic carbocycles. The third-order valence-corrected chi connectivity index (χ3v) is 2.99. The van der Waals surface area contributed by atoms with Gasteiger partial charge in [-0.3, -0.25) is 4.57 Å². The van der Waals surface area contributed by atoms with Crippen molar-refractivity contribution < 1.29 is 9.50 Å². The first-order valence-electron chi connectivity index (χ1n) is 4.85. The number of aromatic nitrogens is 2. The third kappa shape index (κ3) is 2.25. The number of rotatable bonds is 4. The zero-order valence-electron chi connectivity index (χ0n) is 8.51. The number of nitrogens with zero attached hydrogens (tertiary/aromatic N) is 2. The molecule has 2 aromatic rings. The molecule has 0 bridgehead atoms. The normalized spacial score (nSPS) is 10.6. The van der Waals surface area contributed by atoms with Crippen molar-refractivity contribution in [1.82, 2.24) is 9.55 Å². The van der Waals surface area contributed by atoms with Crippen LogP contribution in [0.15, 0.2) is 41.8 Å². The minimum atomic E-state index is -0.286. The van der Waals surface area contributed by atoms with Crippen molar-refractivity contribution in [3.63, 3.8) is 0 Å². The summed E-state index contributed by atoms with van der Waals surface area (Å²) in [5, 5.41) is 9.43. The molecule has 0 aliphatic rings. The number of aliphatic hydroxyl groups is 1. The Kier molecular flexibility index (Phi) is 3.58. The maximum Gasteiger partial charge on any atom is 0.172 e. The summed E-state index contributed by atoms with van der Waals surface area (Å²) in [6, 6.07) is 6.53. The molecule has 0 amide bonds. The van der Waals surface area contributed by atoms with E-state index in [0.29, 0.717) is 16.6 Å². The fourth-order valence-electron chi connectivity index (χ4n) is 1.36. The highest BCUT2D eigenvalue weighted by Crippen LogP contribution is 2.21. The monoisotopic (exact) mass is 238 g/mol. The van der Waals surface area contributed by atoms with Crippen LogP contribution in [0.2, 0.25) is 0 Å². The van der Waals surface area contributed by atoms with Crippen LogP contribution in [0.1, 0.15) is 0 Å². The summed E-state index contributed by atoms with van der Waals surface area (Å²) in [4.78, 5) is 4.12. The van der Waals surface area contributed by atoms with Crippen molar-refractivity contribution >= 4 is 11.8 Å². The minimum Gasteiger partial charge on any atom is -0.396 e. The van der Waals surface area contributed by atoms with Crippen LogP contribution in [0, 0.1) is 5.82 Å². The predicted octanol–water partition coefficient (Wildman–Crippen LogP) is 2.10. The van der Waals surface area contributed by atoms with E-state index in [-0.39, 0.29) is 12.4 Å². The van der Waals surface area contributed by atoms with Gasteiger partial charge in [0.05, 0.1) is 12.3 Å². The van der Waals surface area contributed by atoms with Gasteiger partial charge in [-0.25, -0.2) is 9.37 Å². The molecule has 5 heteroatoms. The second kappa shape index (κ2) is 5.14. The molecule has 1 aromatic heterocycles. The van der Waals surface area contributed by atoms with E-state index in [1.165, 1.54) is 17.8 Å². The molecule has 1 heterocycles. The molecule has 0 saturated heterocycles. The Balaban J connectivity index is 2.33. The average Bonchev–Trinajstić information content (AvgIpc) is 2.75. The largest absolute Gasteiger partial charge is 0.396 e. The number of hydrogen-bond donors (Lipinski definition) is 1. The molecule has 1 N–H and O–H groups in total. The van der Waals surface area contributed by atoms with E-state index in [1.54, 1.807) is 35.2 Å². The Morgan fingerprint density at radius 1 is 1.38 bits per heavy atom. The Labute approximate surface area is 96.9 Å². The van der Waals surface area contributed by atoms with Crippen molar-refractivity contribution in [1.29, 1.82) is 0 Å². The zero-order valence-corrected chi connectivity index (χ0v) is 9.32. The predicted molar refractivity (Wildman–Crippen MR) is 61.3 cm³/mol. The Morgan fingerprint density at radius 3 is 2.94 bits per heavy atom. The van der Waals surface area contributed by atoms with Crippen molar-refractivity contribution in [2.24, 2.45) is 0 Å². The van der Waals surface area contributed by atoms with Crippen LogP contribution >= 0.6 is 11.8 Å². The van der Waals surface area contributed by atoms with Gasteiger partial charge in [-0.1, -0.05) is 23.9 Å². The number of aliphatic hydroxyl groups excluding tert-OH is 1. The maximum atomic E-state index is 13.5. The van der Waals surface area contributed by atoms with Gasteiger partial charge >= 0.3 is 0 Å². The van der Waals surface area contributed by atoms with E-state index < -0.39 is 0 Å². The van der Waals surface area contributed by atoms with Crippen LogP contribution < -0.4 is 0 Å². The lowest BCUT2D eigenvalue weighted by Gasteiger charge is -2.07. The molecule has 16 heavy (non-hydrogen) atoms. The summed E-state index contributed by atoms with van der Waals surface area (Å²) in [6.07, 6.45) is 3.32. The Hall–Kier alpha value is -1.33. The van der Waals surface area contributed by atoms with E-state index in [9.17, 15) is 4.39 Å². The highest BCUT2D eigenvalue weighted by atomic mass is 32.2. The molecule has 2 rings (SSSR count). The van der Waals surface area contributed by atoms with Crippen LogP contribution in [0.5, 0.6) is 0 Å². The van der Waals surface area contributed by atoms with Crippen LogP contribution in [0.4, 0.5) is 4.39 Å². The summed E-state index contributed by atoms with van der Waals surface area (Å²) < 4.78 is 15.2. The molecule has 0 saturated carbocycles. The van der Waals surface area contributed by atoms with Crippen LogP contribution in [-0.2, 0) is 0 Å². The first-order valence-corrected chi connectivity index (χ1v) is 5.83. The standard InChI is InChI=1S/C11H11FN2OS/c12-9-3-1-2-4-10(9)14-6-5-13-11(14)16-8-7-15/h1-6,15H,7-8H2. The number of para-hydroxylation sites is 1. The first-order chi connectivity index (χ1) is 7.83. The number of benzene rings is 1. The fourth-order valence-corrected chi connectivity index (χ4v) is 2.07. The topological polar surface area (TPSA) is 38.1 Å². The molecule has 0 aliphatic heterocycles. The van der Waals surface area contributed by atoms with Crippen molar-refractivity contribution in [2.75, 3.05) is 12.4 Å². The number of imidazole rings is 1. The second-order valence-corrected chi connectivity index (χ2v) is 4.17. The van der Waals surface area contributed by atoms with E-state index in [1.807, 2.05) is 0 Å². The fraction of sp³-hybridized carbons (Fsp3) is 0.182. The average molecular weight is 238 g/mol. The summed E-state index contributed by atoms with van der Waals surface area (Å²) in [7, 11) is 0. The number of thioether (sulfide) groups is 1. The van der Waals surface area contributed by atoms with Crippen molar-refractivity contribution in [3.8, 4) is 5.69 Å². The molecule has 0 radical (unpaired) electrons. The number of halogens is 1. The van der Waals surface area contributed by atoms with Crippen LogP contribution in [0.3, 0.4) is 0 Å². The molecular weight excluding hydrogens is 227 g/mol. The minimum absolute atomic E-state index is 0.0782. The summed E-state index contributed by atoms with van der Waals surface area (Å²) in [5.74, 6) is 0.261. The summed E-state index contributed by atoms with van der Waals surface area (Å²) in [5.41, 5.74) is 0.473. The number of hydrogen-bond acceptors (Lipinski definition) is 3. The molecule has 84 valence electrons. The Bertz CT molecular complexity index is 473. The van der Waals surface area contributed by atoms with Crippen LogP contribution in [0.25, 0.3) is 5.69 Å². The van der Waals surface area contributed by atoms with Gasteiger partial charge in [0, 0.05) is 18.1 Å². The van der Waals surface area contributed by atoms with Crippen molar-refractivity contribution in [2.45, 2.75) is 5.16 Å². The zero-order chi connectivity index (χ0) is 11.4. The maximum absolute atomic E-state index is 13.5. The lowest BCUT2D eigenvalue weighted by molar-refractivity contribution is 0.322. The van der Waals surface area contributed by atoms with Gasteiger partial charge in [-0.05, 0) is 12.1 Å². The molecule has 1 aromatic carbocycles. The lowest BCUT2D eigenvalue weighted by Crippen LogP contribution is -1.99. The highest BCUT2D eigenvalue weighted by Gasteiger charge is 2.08. The van der Waals surface area contributed by atoms with Gasteiger partial charge in [-0.15, -0.1) is 0 Å². The van der Waals surface area contributed by atoms with Crippen molar-refractivity contribution in [3.05, 3.63) is 42.5 Å². The van der Waals surface area contributed by atoms with Gasteiger partial charge in [0.25, 0.3) is 0 Å². The Morgan fingerprint density at radius 2 is 2.19 bits per heavy atom. The quantitative estimate of drug-likeness (QED) is 0.829. The van der Waals surface area contributed by atoms with E-state index in [2.05, 4.69) is 4.98 Å². The lowest BCUT2D eigenvalue weighted by atomic mass is 10.3. The van der Waals surface area contributed by atoms with E-state index >= 15 is 0 Å². The second-order valence-electron chi connectivity index (χ2n) is 3.10.